The van der Waals surface area contributed by atoms with E-state index < -0.39 is 0 Å². The summed E-state index contributed by atoms with van der Waals surface area (Å²) in [6.45, 7) is 17.5. The molecule has 0 N–H and O–H groups in total. The van der Waals surface area contributed by atoms with Crippen LogP contribution in [0.2, 0.25) is 0 Å². The fraction of sp³-hybridized carbons (Fsp3) is 0.851. The molecule has 0 heterocycles. The molecule has 49 heavy (non-hydrogen) atoms. The van der Waals surface area contributed by atoms with Crippen LogP contribution in [-0.4, -0.2) is 12.1 Å². The number of rotatable bonds is 20. The van der Waals surface area contributed by atoms with E-state index in [1.165, 1.54) is 89.9 Å². The third-order valence-corrected chi connectivity index (χ3v) is 15.2. The first-order chi connectivity index (χ1) is 23.6. The molecule has 0 amide bonds. The smallest absolute Gasteiger partial charge is 0.306 e. The Morgan fingerprint density at radius 2 is 1.39 bits per heavy atom. The van der Waals surface area contributed by atoms with Gasteiger partial charge in [0.1, 0.15) is 6.10 Å². The lowest BCUT2D eigenvalue weighted by atomic mass is 9.44. The van der Waals surface area contributed by atoms with Crippen LogP contribution in [0.25, 0.3) is 0 Å². The minimum Gasteiger partial charge on any atom is -0.462 e. The molecule has 4 fully saturated rings. The number of allylic oxidation sites excluding steroid dienone is 6. The SMILES string of the molecule is CCCCCC=CCC=CCC=CCCCCC(=O)OC1CC[C@@]2(C)C(CC[C@H]3[C@@H]4CC[C@H]([C@H](C)CC[C@@H](CC)C(C)C)[C@@]4(C)CC[C@@H]32)C1. The number of hydrogen-bond donors (Lipinski definition) is 0. The number of hydrogen-bond acceptors (Lipinski definition) is 2. The predicted molar refractivity (Wildman–Crippen MR) is 211 cm³/mol. The molecule has 2 nitrogen and oxygen atoms in total. The van der Waals surface area contributed by atoms with Crippen molar-refractivity contribution in [2.45, 2.75) is 196 Å². The fourth-order valence-electron chi connectivity index (χ4n) is 12.1. The van der Waals surface area contributed by atoms with Gasteiger partial charge in [-0.25, -0.2) is 0 Å². The molecular weight excluding hydrogens is 597 g/mol. The molecule has 2 heteroatoms. The third kappa shape index (κ3) is 10.9. The van der Waals surface area contributed by atoms with Crippen LogP contribution < -0.4 is 0 Å². The van der Waals surface area contributed by atoms with Crippen LogP contribution in [-0.2, 0) is 9.53 Å². The van der Waals surface area contributed by atoms with Crippen molar-refractivity contribution in [3.8, 4) is 0 Å². The molecule has 4 aliphatic rings. The molecule has 4 saturated carbocycles. The highest BCUT2D eigenvalue weighted by Gasteiger charge is 2.60. The first kappa shape index (κ1) is 40.5. The van der Waals surface area contributed by atoms with Crippen molar-refractivity contribution in [2.24, 2.45) is 58.2 Å². The molecule has 0 aromatic heterocycles. The molecule has 4 aliphatic carbocycles. The second-order valence-electron chi connectivity index (χ2n) is 18.4. The zero-order chi connectivity index (χ0) is 35.3. The monoisotopic (exact) mass is 677 g/mol. The summed E-state index contributed by atoms with van der Waals surface area (Å²) in [4.78, 5) is 12.8. The van der Waals surface area contributed by atoms with E-state index in [-0.39, 0.29) is 12.1 Å². The highest BCUT2D eigenvalue weighted by molar-refractivity contribution is 5.69. The summed E-state index contributed by atoms with van der Waals surface area (Å²) in [5.74, 6) is 7.08. The Hall–Kier alpha value is -1.31. The highest BCUT2D eigenvalue weighted by Crippen LogP contribution is 2.68. The lowest BCUT2D eigenvalue weighted by Crippen LogP contribution is -2.54. The number of fused-ring (bicyclic) bond motifs is 5. The number of carbonyl (C=O) groups is 1. The van der Waals surface area contributed by atoms with E-state index in [1.807, 2.05) is 0 Å². The molecule has 0 aliphatic heterocycles. The number of esters is 1. The molecule has 0 aromatic rings. The summed E-state index contributed by atoms with van der Waals surface area (Å²) in [6.07, 6.45) is 41.0. The zero-order valence-corrected chi connectivity index (χ0v) is 33.5. The fourth-order valence-corrected chi connectivity index (χ4v) is 12.1. The summed E-state index contributed by atoms with van der Waals surface area (Å²) >= 11 is 0. The van der Waals surface area contributed by atoms with Crippen molar-refractivity contribution in [3.63, 3.8) is 0 Å². The molecule has 0 aromatic carbocycles. The van der Waals surface area contributed by atoms with Gasteiger partial charge in [-0.2, -0.15) is 0 Å². The summed E-state index contributed by atoms with van der Waals surface area (Å²) in [7, 11) is 0. The molecule has 10 atom stereocenters. The van der Waals surface area contributed by atoms with Crippen molar-refractivity contribution >= 4 is 5.97 Å². The van der Waals surface area contributed by atoms with Crippen molar-refractivity contribution in [1.82, 2.24) is 0 Å². The van der Waals surface area contributed by atoms with E-state index in [4.69, 9.17) is 4.74 Å². The molecule has 280 valence electrons. The Kier molecular flexibility index (Phi) is 16.6. The Balaban J connectivity index is 1.14. The van der Waals surface area contributed by atoms with Gasteiger partial charge in [-0.05, 0) is 167 Å². The second kappa shape index (κ2) is 20.1. The van der Waals surface area contributed by atoms with E-state index in [0.717, 1.165) is 92.3 Å². The van der Waals surface area contributed by atoms with E-state index >= 15 is 0 Å². The Bertz CT molecular complexity index is 1050. The minimum absolute atomic E-state index is 0.0511. The van der Waals surface area contributed by atoms with Gasteiger partial charge in [0.2, 0.25) is 0 Å². The van der Waals surface area contributed by atoms with Crippen molar-refractivity contribution in [2.75, 3.05) is 0 Å². The largest absolute Gasteiger partial charge is 0.462 e. The third-order valence-electron chi connectivity index (χ3n) is 15.2. The van der Waals surface area contributed by atoms with E-state index in [0.29, 0.717) is 17.3 Å². The zero-order valence-electron chi connectivity index (χ0n) is 33.5. The average Bonchev–Trinajstić information content (AvgIpc) is 3.44. The maximum absolute atomic E-state index is 12.8. The minimum atomic E-state index is 0.0511. The van der Waals surface area contributed by atoms with Gasteiger partial charge in [-0.15, -0.1) is 0 Å². The predicted octanol–water partition coefficient (Wildman–Crippen LogP) is 14.2. The number of unbranched alkanes of at least 4 members (excludes halogenated alkanes) is 5. The van der Waals surface area contributed by atoms with Crippen molar-refractivity contribution in [3.05, 3.63) is 36.5 Å². The second-order valence-corrected chi connectivity index (χ2v) is 18.4. The summed E-state index contributed by atoms with van der Waals surface area (Å²) in [5.41, 5.74) is 1.02. The van der Waals surface area contributed by atoms with Crippen LogP contribution in [0.5, 0.6) is 0 Å². The first-order valence-corrected chi connectivity index (χ1v) is 21.8. The van der Waals surface area contributed by atoms with E-state index in [1.54, 1.807) is 0 Å². The molecular formula is C47H80O2. The van der Waals surface area contributed by atoms with E-state index in [2.05, 4.69) is 84.9 Å². The Labute approximate surface area is 305 Å². The molecule has 0 bridgehead atoms. The molecule has 4 rings (SSSR count). The van der Waals surface area contributed by atoms with Gasteiger partial charge < -0.3 is 4.74 Å². The Morgan fingerprint density at radius 3 is 2.06 bits per heavy atom. The lowest BCUT2D eigenvalue weighted by Gasteiger charge is -2.61. The van der Waals surface area contributed by atoms with Crippen LogP contribution in [0.15, 0.2) is 36.5 Å². The van der Waals surface area contributed by atoms with Crippen LogP contribution in [0.3, 0.4) is 0 Å². The Morgan fingerprint density at radius 1 is 0.735 bits per heavy atom. The van der Waals surface area contributed by atoms with E-state index in [9.17, 15) is 4.79 Å². The number of ether oxygens (including phenoxy) is 1. The highest BCUT2D eigenvalue weighted by atomic mass is 16.5. The average molecular weight is 677 g/mol. The standard InChI is InChI=1S/C47H80O2/c1-8-10-11-12-13-14-15-16-17-18-19-20-21-22-23-24-45(48)49-40-31-33-46(6)39(35-40)27-28-41-43-30-29-42(47(43,7)34-32-44(41)46)37(5)25-26-38(9-2)36(3)4/h13-14,16-17,19-20,36-44H,8-12,15,18,21-35H2,1-7H3/t37-,38-,39?,40?,41+,42-,43+,44+,46+,47-/m1/s1. The normalized spacial score (nSPS) is 34.4. The van der Waals surface area contributed by atoms with Gasteiger partial charge in [0.15, 0.2) is 0 Å². The van der Waals surface area contributed by atoms with Crippen LogP contribution in [0.4, 0.5) is 0 Å². The molecule has 0 saturated heterocycles. The summed E-state index contributed by atoms with van der Waals surface area (Å²) < 4.78 is 6.16. The quantitative estimate of drug-likeness (QED) is 0.0729. The van der Waals surface area contributed by atoms with Gasteiger partial charge in [-0.1, -0.05) is 111 Å². The maximum Gasteiger partial charge on any atom is 0.306 e. The van der Waals surface area contributed by atoms with Gasteiger partial charge in [-0.3, -0.25) is 4.79 Å². The van der Waals surface area contributed by atoms with Gasteiger partial charge in [0, 0.05) is 6.42 Å². The lowest BCUT2D eigenvalue weighted by molar-refractivity contribution is -0.162. The maximum atomic E-state index is 12.8. The topological polar surface area (TPSA) is 26.3 Å². The van der Waals surface area contributed by atoms with Crippen LogP contribution in [0, 0.1) is 58.2 Å². The van der Waals surface area contributed by atoms with Gasteiger partial charge in [0.05, 0.1) is 0 Å². The van der Waals surface area contributed by atoms with Crippen molar-refractivity contribution in [1.29, 1.82) is 0 Å². The van der Waals surface area contributed by atoms with Crippen LogP contribution >= 0.6 is 0 Å². The molecule has 0 spiro atoms. The van der Waals surface area contributed by atoms with Gasteiger partial charge in [0.25, 0.3) is 0 Å². The van der Waals surface area contributed by atoms with Crippen LogP contribution in [0.1, 0.15) is 190 Å². The van der Waals surface area contributed by atoms with Gasteiger partial charge >= 0.3 is 5.97 Å². The first-order valence-electron chi connectivity index (χ1n) is 21.8. The van der Waals surface area contributed by atoms with Crippen molar-refractivity contribution < 1.29 is 9.53 Å². The summed E-state index contributed by atoms with van der Waals surface area (Å²) in [5, 5.41) is 0. The summed E-state index contributed by atoms with van der Waals surface area (Å²) in [6, 6.07) is 0. The molecule has 0 radical (unpaired) electrons. The number of carbonyl (C=O) groups excluding carboxylic acids is 1. The molecule has 2 unspecified atom stereocenters.